The van der Waals surface area contributed by atoms with Gasteiger partial charge < -0.3 is 19.9 Å². The molecule has 1 aromatic carbocycles. The predicted octanol–water partition coefficient (Wildman–Crippen LogP) is 3.46. The fourth-order valence-electron chi connectivity index (χ4n) is 2.82. The van der Waals surface area contributed by atoms with E-state index in [4.69, 9.17) is 9.72 Å². The van der Waals surface area contributed by atoms with Crippen molar-refractivity contribution in [2.75, 3.05) is 19.0 Å². The third kappa shape index (κ3) is 3.63. The third-order valence-electron chi connectivity index (χ3n) is 4.02. The van der Waals surface area contributed by atoms with Crippen molar-refractivity contribution < 1.29 is 4.74 Å². The standard InChI is InChI=1S/C17H19N5OS.ClH/c1-11-9-22(10-19-11)14-4-3-12(7-15(14)23-2)20-17-21-13-5-6-18-8-16(13)24-17;/h3-4,7,9-10,18H,5-6,8H2,1-2H3,(H,20,21);1H. The van der Waals surface area contributed by atoms with E-state index in [1.165, 1.54) is 10.6 Å². The summed E-state index contributed by atoms with van der Waals surface area (Å²) in [6.07, 6.45) is 4.77. The first-order chi connectivity index (χ1) is 11.7. The lowest BCUT2D eigenvalue weighted by molar-refractivity contribution is 0.413. The van der Waals surface area contributed by atoms with Crippen LogP contribution >= 0.6 is 23.7 Å². The Labute approximate surface area is 156 Å². The monoisotopic (exact) mass is 377 g/mol. The van der Waals surface area contributed by atoms with E-state index in [-0.39, 0.29) is 12.4 Å². The highest BCUT2D eigenvalue weighted by Crippen LogP contribution is 2.31. The van der Waals surface area contributed by atoms with E-state index in [0.717, 1.165) is 47.5 Å². The molecule has 3 heterocycles. The molecule has 2 N–H and O–H groups in total. The summed E-state index contributed by atoms with van der Waals surface area (Å²) in [6, 6.07) is 6.05. The van der Waals surface area contributed by atoms with Gasteiger partial charge in [-0.3, -0.25) is 0 Å². The average Bonchev–Trinajstić information content (AvgIpc) is 3.20. The molecule has 0 bridgehead atoms. The molecule has 6 nitrogen and oxygen atoms in total. The van der Waals surface area contributed by atoms with Crippen LogP contribution in [0.3, 0.4) is 0 Å². The molecule has 0 saturated heterocycles. The van der Waals surface area contributed by atoms with Crippen LogP contribution in [0.5, 0.6) is 5.75 Å². The summed E-state index contributed by atoms with van der Waals surface area (Å²) >= 11 is 1.71. The molecule has 0 radical (unpaired) electrons. The summed E-state index contributed by atoms with van der Waals surface area (Å²) in [6.45, 7) is 3.89. The van der Waals surface area contributed by atoms with Gasteiger partial charge in [0.05, 0.1) is 30.5 Å². The van der Waals surface area contributed by atoms with Crippen LogP contribution in [0.25, 0.3) is 5.69 Å². The number of halogens is 1. The molecule has 1 aliphatic heterocycles. The molecular formula is C17H20ClN5OS. The largest absolute Gasteiger partial charge is 0.494 e. The molecule has 0 amide bonds. The number of aryl methyl sites for hydroxylation is 1. The zero-order valence-electron chi connectivity index (χ0n) is 14.1. The lowest BCUT2D eigenvalue weighted by atomic mass is 10.2. The number of imidazole rings is 1. The second-order valence-corrected chi connectivity index (χ2v) is 6.83. The molecule has 0 unspecified atom stereocenters. The Morgan fingerprint density at radius 3 is 2.96 bits per heavy atom. The first-order valence-electron chi connectivity index (χ1n) is 7.88. The number of methoxy groups -OCH3 is 1. The molecule has 4 rings (SSSR count). The van der Waals surface area contributed by atoms with Crippen LogP contribution < -0.4 is 15.4 Å². The van der Waals surface area contributed by atoms with Crippen molar-refractivity contribution in [1.29, 1.82) is 0 Å². The highest BCUT2D eigenvalue weighted by Gasteiger charge is 2.15. The first kappa shape index (κ1) is 17.7. The van der Waals surface area contributed by atoms with Gasteiger partial charge in [0.15, 0.2) is 5.13 Å². The topological polar surface area (TPSA) is 64.0 Å². The van der Waals surface area contributed by atoms with Crippen molar-refractivity contribution in [3.8, 4) is 11.4 Å². The van der Waals surface area contributed by atoms with E-state index in [1.807, 2.05) is 35.9 Å². The number of ether oxygens (including phenoxy) is 1. The fraction of sp³-hybridized carbons (Fsp3) is 0.294. The maximum atomic E-state index is 5.55. The van der Waals surface area contributed by atoms with Gasteiger partial charge in [0, 0.05) is 42.3 Å². The Morgan fingerprint density at radius 1 is 1.36 bits per heavy atom. The number of nitrogens with one attached hydrogen (secondary N) is 2. The van der Waals surface area contributed by atoms with Crippen LogP contribution in [0.1, 0.15) is 16.3 Å². The minimum atomic E-state index is 0. The van der Waals surface area contributed by atoms with Gasteiger partial charge in [0.2, 0.25) is 0 Å². The van der Waals surface area contributed by atoms with Gasteiger partial charge in [0.25, 0.3) is 0 Å². The van der Waals surface area contributed by atoms with Crippen molar-refractivity contribution >= 4 is 34.6 Å². The normalized spacial score (nSPS) is 13.0. The summed E-state index contributed by atoms with van der Waals surface area (Å²) in [5.41, 5.74) is 4.11. The van der Waals surface area contributed by atoms with Crippen molar-refractivity contribution in [3.05, 3.63) is 47.0 Å². The first-order valence-corrected chi connectivity index (χ1v) is 8.70. The number of fused-ring (bicyclic) bond motifs is 1. The zero-order chi connectivity index (χ0) is 16.5. The third-order valence-corrected chi connectivity index (χ3v) is 5.04. The summed E-state index contributed by atoms with van der Waals surface area (Å²) in [4.78, 5) is 10.3. The quantitative estimate of drug-likeness (QED) is 0.729. The minimum absolute atomic E-state index is 0. The number of benzene rings is 1. The van der Waals surface area contributed by atoms with Crippen molar-refractivity contribution in [2.45, 2.75) is 19.9 Å². The number of thiazole rings is 1. The lowest BCUT2D eigenvalue weighted by Crippen LogP contribution is -2.22. The smallest absolute Gasteiger partial charge is 0.187 e. The van der Waals surface area contributed by atoms with E-state index in [1.54, 1.807) is 24.8 Å². The van der Waals surface area contributed by atoms with Crippen LogP contribution in [0.4, 0.5) is 10.8 Å². The molecule has 0 aliphatic carbocycles. The van der Waals surface area contributed by atoms with Gasteiger partial charge in [-0.05, 0) is 19.1 Å². The van der Waals surface area contributed by atoms with Crippen LogP contribution in [0, 0.1) is 6.92 Å². The minimum Gasteiger partial charge on any atom is -0.494 e. The Morgan fingerprint density at radius 2 is 2.24 bits per heavy atom. The molecule has 2 aromatic heterocycles. The van der Waals surface area contributed by atoms with Gasteiger partial charge in [-0.15, -0.1) is 23.7 Å². The highest BCUT2D eigenvalue weighted by molar-refractivity contribution is 7.15. The average molecular weight is 378 g/mol. The van der Waals surface area contributed by atoms with Crippen LogP contribution in [-0.2, 0) is 13.0 Å². The molecule has 0 fully saturated rings. The number of rotatable bonds is 4. The second-order valence-electron chi connectivity index (χ2n) is 5.75. The van der Waals surface area contributed by atoms with Gasteiger partial charge in [-0.2, -0.15) is 0 Å². The molecule has 25 heavy (non-hydrogen) atoms. The lowest BCUT2D eigenvalue weighted by Gasteiger charge is -2.11. The molecular weight excluding hydrogens is 358 g/mol. The van der Waals surface area contributed by atoms with Crippen LogP contribution in [0.2, 0.25) is 0 Å². The fourth-order valence-corrected chi connectivity index (χ4v) is 3.82. The Kier molecular flexibility index (Phi) is 5.27. The molecule has 0 atom stereocenters. The Hall–Kier alpha value is -2.09. The predicted molar refractivity (Wildman–Crippen MR) is 103 cm³/mol. The maximum Gasteiger partial charge on any atom is 0.187 e. The molecule has 132 valence electrons. The number of nitrogens with zero attached hydrogens (tertiary/aromatic N) is 3. The maximum absolute atomic E-state index is 5.55. The van der Waals surface area contributed by atoms with Crippen LogP contribution in [0.15, 0.2) is 30.7 Å². The number of hydrogen-bond donors (Lipinski definition) is 2. The SMILES string of the molecule is COc1cc(Nc2nc3c(s2)CNCC3)ccc1-n1cnc(C)c1.Cl. The summed E-state index contributed by atoms with van der Waals surface area (Å²) in [5.74, 6) is 0.792. The number of hydrogen-bond acceptors (Lipinski definition) is 6. The molecule has 3 aromatic rings. The summed E-state index contributed by atoms with van der Waals surface area (Å²) in [5, 5.41) is 7.70. The number of anilines is 2. The number of aromatic nitrogens is 3. The van der Waals surface area contributed by atoms with Gasteiger partial charge in [0.1, 0.15) is 5.75 Å². The van der Waals surface area contributed by atoms with Gasteiger partial charge in [-0.25, -0.2) is 9.97 Å². The van der Waals surface area contributed by atoms with E-state index in [9.17, 15) is 0 Å². The van der Waals surface area contributed by atoms with Gasteiger partial charge >= 0.3 is 0 Å². The van der Waals surface area contributed by atoms with E-state index in [0.29, 0.717) is 0 Å². The Balaban J connectivity index is 0.00000182. The second kappa shape index (κ2) is 7.43. The van der Waals surface area contributed by atoms with Gasteiger partial charge in [-0.1, -0.05) is 0 Å². The van der Waals surface area contributed by atoms with Crippen LogP contribution in [-0.4, -0.2) is 28.2 Å². The zero-order valence-corrected chi connectivity index (χ0v) is 15.7. The van der Waals surface area contributed by atoms with Crippen molar-refractivity contribution in [2.24, 2.45) is 0 Å². The van der Waals surface area contributed by atoms with E-state index < -0.39 is 0 Å². The molecule has 8 heteroatoms. The van der Waals surface area contributed by atoms with E-state index in [2.05, 4.69) is 15.6 Å². The summed E-state index contributed by atoms with van der Waals surface area (Å²) < 4.78 is 7.52. The van der Waals surface area contributed by atoms with Crippen molar-refractivity contribution in [3.63, 3.8) is 0 Å². The Bertz CT molecular complexity index is 852. The highest BCUT2D eigenvalue weighted by atomic mass is 35.5. The molecule has 1 aliphatic rings. The summed E-state index contributed by atoms with van der Waals surface area (Å²) in [7, 11) is 1.68. The van der Waals surface area contributed by atoms with E-state index >= 15 is 0 Å². The molecule has 0 saturated carbocycles. The molecule has 0 spiro atoms. The van der Waals surface area contributed by atoms with Crippen molar-refractivity contribution in [1.82, 2.24) is 19.9 Å².